The largest absolute Gasteiger partial charge is 0.480 e. The molecule has 0 rings (SSSR count). The van der Waals surface area contributed by atoms with Crippen molar-refractivity contribution < 1.29 is 34.2 Å². The molecular weight excluding hydrogens is 468 g/mol. The summed E-state index contributed by atoms with van der Waals surface area (Å²) in [5, 5.41) is 26.6. The summed E-state index contributed by atoms with van der Waals surface area (Å²) in [4.78, 5) is 60.2. The Kier molecular flexibility index (Phi) is 15.9. The minimum absolute atomic E-state index is 0.0468. The zero-order valence-electron chi connectivity index (χ0n) is 19.6. The van der Waals surface area contributed by atoms with E-state index >= 15 is 0 Å². The van der Waals surface area contributed by atoms with Gasteiger partial charge in [-0.2, -0.15) is 11.8 Å². The third-order valence-corrected chi connectivity index (χ3v) is 5.55. The summed E-state index contributed by atoms with van der Waals surface area (Å²) in [6, 6.07) is -4.82. The second-order valence-corrected chi connectivity index (χ2v) is 8.85. The summed E-state index contributed by atoms with van der Waals surface area (Å²) in [6.45, 7) is 1.67. The van der Waals surface area contributed by atoms with Crippen LogP contribution in [0, 0.1) is 0 Å². The van der Waals surface area contributed by atoms with Crippen LogP contribution in [0.15, 0.2) is 0 Å². The van der Waals surface area contributed by atoms with Crippen LogP contribution in [0.25, 0.3) is 0 Å². The molecular formula is C20H38N6O7S. The number of thioether (sulfide) groups is 1. The molecule has 0 radical (unpaired) electrons. The number of carboxylic acids is 1. The van der Waals surface area contributed by atoms with Crippen LogP contribution in [0.5, 0.6) is 0 Å². The van der Waals surface area contributed by atoms with E-state index < -0.39 is 59.9 Å². The summed E-state index contributed by atoms with van der Waals surface area (Å²) < 4.78 is 0. The molecule has 0 aliphatic heterocycles. The third-order valence-electron chi connectivity index (χ3n) is 4.91. The van der Waals surface area contributed by atoms with Crippen molar-refractivity contribution in [1.29, 1.82) is 0 Å². The normalized spacial score (nSPS) is 15.3. The molecule has 0 bridgehead atoms. The number of unbranched alkanes of at least 4 members (excludes halogenated alkanes) is 1. The summed E-state index contributed by atoms with van der Waals surface area (Å²) in [5.74, 6) is -3.69. The van der Waals surface area contributed by atoms with Gasteiger partial charge in [0.2, 0.25) is 23.6 Å². The first-order valence-electron chi connectivity index (χ1n) is 11.0. The number of aliphatic carboxylic acids is 1. The van der Waals surface area contributed by atoms with Crippen LogP contribution in [-0.4, -0.2) is 88.6 Å². The standard InChI is InChI=1S/C20H38N6O7S/c1-11(27)16(26-17(29)12(22)6-7-15(23)28)19(31)24-13(8-10-34-2)18(30)25-14(20(32)33)5-3-4-9-21/h11-14,16,27H,3-10,21-22H2,1-2H3,(H2,23,28)(H,24,31)(H,25,30)(H,26,29)(H,32,33). The van der Waals surface area contributed by atoms with Crippen LogP contribution in [0.3, 0.4) is 0 Å². The molecule has 13 nitrogen and oxygen atoms in total. The lowest BCUT2D eigenvalue weighted by molar-refractivity contribution is -0.142. The van der Waals surface area contributed by atoms with Gasteiger partial charge in [-0.25, -0.2) is 4.79 Å². The van der Waals surface area contributed by atoms with E-state index in [2.05, 4.69) is 16.0 Å². The maximum atomic E-state index is 12.8. The number of nitrogens with two attached hydrogens (primary N) is 3. The van der Waals surface area contributed by atoms with Gasteiger partial charge in [-0.1, -0.05) is 0 Å². The van der Waals surface area contributed by atoms with Crippen LogP contribution in [0.2, 0.25) is 0 Å². The Labute approximate surface area is 203 Å². The molecule has 0 fully saturated rings. The molecule has 0 aliphatic carbocycles. The minimum Gasteiger partial charge on any atom is -0.480 e. The Morgan fingerprint density at radius 2 is 1.53 bits per heavy atom. The van der Waals surface area contributed by atoms with Gasteiger partial charge in [0, 0.05) is 6.42 Å². The first kappa shape index (κ1) is 31.6. The van der Waals surface area contributed by atoms with E-state index in [4.69, 9.17) is 17.2 Å². The number of carbonyl (C=O) groups excluding carboxylic acids is 4. The first-order valence-corrected chi connectivity index (χ1v) is 12.4. The highest BCUT2D eigenvalue weighted by Crippen LogP contribution is 2.06. The second-order valence-electron chi connectivity index (χ2n) is 7.86. The minimum atomic E-state index is -1.43. The second kappa shape index (κ2) is 17.1. The molecule has 0 saturated carbocycles. The molecule has 14 heteroatoms. The van der Waals surface area contributed by atoms with Crippen LogP contribution in [0.1, 0.15) is 45.4 Å². The molecule has 0 aliphatic rings. The molecule has 196 valence electrons. The van der Waals surface area contributed by atoms with Crippen molar-refractivity contribution in [3.8, 4) is 0 Å². The quantitative estimate of drug-likeness (QED) is 0.0900. The number of hydrogen-bond acceptors (Lipinski definition) is 9. The molecule has 4 amide bonds. The molecule has 0 aromatic carbocycles. The van der Waals surface area contributed by atoms with Crippen LogP contribution in [0.4, 0.5) is 0 Å². The predicted molar refractivity (Wildman–Crippen MR) is 127 cm³/mol. The summed E-state index contributed by atoms with van der Waals surface area (Å²) in [6.07, 6.45) is 1.76. The average molecular weight is 507 g/mol. The van der Waals surface area contributed by atoms with Gasteiger partial charge >= 0.3 is 5.97 Å². The molecule has 0 saturated heterocycles. The van der Waals surface area contributed by atoms with Crippen molar-refractivity contribution in [3.63, 3.8) is 0 Å². The van der Waals surface area contributed by atoms with Crippen molar-refractivity contribution in [1.82, 2.24) is 16.0 Å². The lowest BCUT2D eigenvalue weighted by Gasteiger charge is -2.26. The van der Waals surface area contributed by atoms with Gasteiger partial charge in [-0.05, 0) is 57.6 Å². The lowest BCUT2D eigenvalue weighted by Crippen LogP contribution is -2.59. The Balaban J connectivity index is 5.31. The topological polar surface area (TPSA) is 240 Å². The number of nitrogens with one attached hydrogen (secondary N) is 3. The van der Waals surface area contributed by atoms with Gasteiger partial charge in [0.1, 0.15) is 18.1 Å². The highest BCUT2D eigenvalue weighted by atomic mass is 32.2. The fourth-order valence-corrected chi connectivity index (χ4v) is 3.35. The number of carboxylic acid groups (broad SMARTS) is 1. The number of hydrogen-bond donors (Lipinski definition) is 8. The van der Waals surface area contributed by atoms with Gasteiger partial charge < -0.3 is 43.4 Å². The summed E-state index contributed by atoms with van der Waals surface area (Å²) in [5.41, 5.74) is 16.2. The van der Waals surface area contributed by atoms with Crippen molar-refractivity contribution >= 4 is 41.4 Å². The van der Waals surface area contributed by atoms with E-state index in [1.165, 1.54) is 18.7 Å². The van der Waals surface area contributed by atoms with Crippen molar-refractivity contribution in [2.75, 3.05) is 18.6 Å². The molecule has 5 atom stereocenters. The van der Waals surface area contributed by atoms with Gasteiger partial charge in [0.25, 0.3) is 0 Å². The van der Waals surface area contributed by atoms with E-state index in [1.54, 1.807) is 6.26 Å². The molecule has 0 heterocycles. The van der Waals surface area contributed by atoms with Crippen LogP contribution in [-0.2, 0) is 24.0 Å². The number of aliphatic hydroxyl groups excluding tert-OH is 1. The molecule has 11 N–H and O–H groups in total. The van der Waals surface area contributed by atoms with Gasteiger partial charge in [0.05, 0.1) is 12.1 Å². The average Bonchev–Trinajstić information content (AvgIpc) is 2.76. The molecule has 5 unspecified atom stereocenters. The Bertz CT molecular complexity index is 694. The summed E-state index contributed by atoms with van der Waals surface area (Å²) >= 11 is 1.42. The highest BCUT2D eigenvalue weighted by Gasteiger charge is 2.32. The van der Waals surface area contributed by atoms with Gasteiger partial charge in [-0.3, -0.25) is 19.2 Å². The van der Waals surface area contributed by atoms with Crippen molar-refractivity contribution in [3.05, 3.63) is 0 Å². The van der Waals surface area contributed by atoms with E-state index in [9.17, 15) is 34.2 Å². The number of primary amides is 1. The van der Waals surface area contributed by atoms with Crippen molar-refractivity contribution in [2.45, 2.75) is 75.7 Å². The first-order chi connectivity index (χ1) is 15.9. The maximum Gasteiger partial charge on any atom is 0.326 e. The van der Waals surface area contributed by atoms with Crippen molar-refractivity contribution in [2.24, 2.45) is 17.2 Å². The number of amides is 4. The Morgan fingerprint density at radius 1 is 0.912 bits per heavy atom. The zero-order chi connectivity index (χ0) is 26.3. The SMILES string of the molecule is CSCCC(NC(=O)C(NC(=O)C(N)CCC(N)=O)C(C)O)C(=O)NC(CCCCN)C(=O)O. The molecule has 34 heavy (non-hydrogen) atoms. The lowest BCUT2D eigenvalue weighted by atomic mass is 10.1. The van der Waals surface area contributed by atoms with E-state index in [0.29, 0.717) is 25.1 Å². The van der Waals surface area contributed by atoms with Gasteiger partial charge in [-0.15, -0.1) is 0 Å². The smallest absolute Gasteiger partial charge is 0.326 e. The predicted octanol–water partition coefficient (Wildman–Crippen LogP) is -2.62. The molecule has 0 aromatic heterocycles. The van der Waals surface area contributed by atoms with Gasteiger partial charge in [0.15, 0.2) is 0 Å². The van der Waals surface area contributed by atoms with E-state index in [-0.39, 0.29) is 25.7 Å². The fraction of sp³-hybridized carbons (Fsp3) is 0.750. The molecule has 0 spiro atoms. The zero-order valence-corrected chi connectivity index (χ0v) is 20.4. The maximum absolute atomic E-state index is 12.8. The Hall–Kier alpha value is -2.42. The number of aliphatic hydroxyl groups is 1. The highest BCUT2D eigenvalue weighted by molar-refractivity contribution is 7.98. The van der Waals surface area contributed by atoms with Crippen LogP contribution >= 0.6 is 11.8 Å². The van der Waals surface area contributed by atoms with E-state index in [0.717, 1.165) is 0 Å². The number of rotatable bonds is 18. The number of carbonyl (C=O) groups is 5. The third kappa shape index (κ3) is 12.7. The molecule has 0 aromatic rings. The monoisotopic (exact) mass is 506 g/mol. The van der Waals surface area contributed by atoms with E-state index in [1.807, 2.05) is 0 Å². The summed E-state index contributed by atoms with van der Waals surface area (Å²) in [7, 11) is 0. The Morgan fingerprint density at radius 3 is 2.03 bits per heavy atom. The van der Waals surface area contributed by atoms with Crippen LogP contribution < -0.4 is 33.2 Å². The fourth-order valence-electron chi connectivity index (χ4n) is 2.88.